The minimum absolute atomic E-state index is 0.398. The lowest BCUT2D eigenvalue weighted by Crippen LogP contribution is -1.94. The number of hydrogen-bond donors (Lipinski definition) is 1. The van der Waals surface area contributed by atoms with Gasteiger partial charge in [-0.25, -0.2) is 0 Å². The Morgan fingerprint density at radius 1 is 1.41 bits per heavy atom. The molecule has 1 N–H and O–H groups in total. The van der Waals surface area contributed by atoms with Crippen LogP contribution in [0.3, 0.4) is 0 Å². The molecule has 2 rings (SSSR count). The van der Waals surface area contributed by atoms with Gasteiger partial charge in [0.1, 0.15) is 11.5 Å². The van der Waals surface area contributed by atoms with Crippen LogP contribution in [0.5, 0.6) is 11.5 Å². The second-order valence-corrected chi connectivity index (χ2v) is 4.38. The molecule has 0 spiro atoms. The minimum Gasteiger partial charge on any atom is -0.507 e. The van der Waals surface area contributed by atoms with Gasteiger partial charge in [0.25, 0.3) is 0 Å². The average molecular weight is 233 g/mol. The lowest BCUT2D eigenvalue weighted by Gasteiger charge is -2.11. The molecule has 0 atom stereocenters. The number of rotatable bonds is 4. The van der Waals surface area contributed by atoms with Crippen LogP contribution in [0.25, 0.3) is 10.9 Å². The third-order valence-electron chi connectivity index (χ3n) is 3.19. The summed E-state index contributed by atoms with van der Waals surface area (Å²) < 4.78 is 7.38. The zero-order valence-corrected chi connectivity index (χ0v) is 10.7. The quantitative estimate of drug-likeness (QED) is 0.879. The van der Waals surface area contributed by atoms with Crippen LogP contribution in [0.2, 0.25) is 0 Å². The summed E-state index contributed by atoms with van der Waals surface area (Å²) in [6.07, 6.45) is 5.03. The molecule has 0 fully saturated rings. The van der Waals surface area contributed by atoms with E-state index in [1.807, 2.05) is 29.9 Å². The van der Waals surface area contributed by atoms with Crippen LogP contribution in [-0.4, -0.2) is 16.8 Å². The Hall–Kier alpha value is -1.64. The summed E-state index contributed by atoms with van der Waals surface area (Å²) in [5.74, 6) is 1.23. The van der Waals surface area contributed by atoms with E-state index >= 15 is 0 Å². The summed E-state index contributed by atoms with van der Waals surface area (Å²) in [4.78, 5) is 0. The Morgan fingerprint density at radius 2 is 2.18 bits per heavy atom. The van der Waals surface area contributed by atoms with E-state index in [0.717, 1.165) is 41.5 Å². The molecule has 3 nitrogen and oxygen atoms in total. The topological polar surface area (TPSA) is 34.4 Å². The van der Waals surface area contributed by atoms with Crippen molar-refractivity contribution < 1.29 is 9.84 Å². The zero-order chi connectivity index (χ0) is 12.4. The Labute approximate surface area is 102 Å². The predicted octanol–water partition coefficient (Wildman–Crippen LogP) is 3.24. The fourth-order valence-corrected chi connectivity index (χ4v) is 2.21. The summed E-state index contributed by atoms with van der Waals surface area (Å²) >= 11 is 0. The summed E-state index contributed by atoms with van der Waals surface area (Å²) in [6, 6.07) is 3.88. The first kappa shape index (κ1) is 11.8. The van der Waals surface area contributed by atoms with Crippen molar-refractivity contribution in [1.82, 2.24) is 4.57 Å². The van der Waals surface area contributed by atoms with Crippen LogP contribution in [-0.2, 0) is 13.5 Å². The zero-order valence-electron chi connectivity index (χ0n) is 10.7. The molecule has 0 unspecified atom stereocenters. The number of fused-ring (bicyclic) bond motifs is 1. The molecule has 0 aliphatic carbocycles. The second kappa shape index (κ2) is 4.70. The Bertz CT molecular complexity index is 528. The van der Waals surface area contributed by atoms with Gasteiger partial charge in [-0.2, -0.15) is 0 Å². The molecule has 1 aromatic carbocycles. The number of aromatic nitrogens is 1. The van der Waals surface area contributed by atoms with Crippen molar-refractivity contribution in [2.75, 3.05) is 7.11 Å². The monoisotopic (exact) mass is 233 g/mol. The number of unbranched alkanes of at least 4 members (excludes halogenated alkanes) is 1. The van der Waals surface area contributed by atoms with Crippen molar-refractivity contribution in [1.29, 1.82) is 0 Å². The summed E-state index contributed by atoms with van der Waals surface area (Å²) in [5.41, 5.74) is 1.92. The maximum absolute atomic E-state index is 10.2. The minimum atomic E-state index is 0.398. The van der Waals surface area contributed by atoms with Gasteiger partial charge in [-0.15, -0.1) is 0 Å². The summed E-state index contributed by atoms with van der Waals surface area (Å²) in [5, 5.41) is 11.1. The van der Waals surface area contributed by atoms with E-state index in [4.69, 9.17) is 4.74 Å². The van der Waals surface area contributed by atoms with E-state index < -0.39 is 0 Å². The van der Waals surface area contributed by atoms with Gasteiger partial charge in [0, 0.05) is 18.6 Å². The molecule has 0 bridgehead atoms. The highest BCUT2D eigenvalue weighted by Gasteiger charge is 2.13. The molecule has 1 heterocycles. The van der Waals surface area contributed by atoms with Gasteiger partial charge in [-0.3, -0.25) is 0 Å². The van der Waals surface area contributed by atoms with Crippen LogP contribution >= 0.6 is 0 Å². The first-order valence-corrected chi connectivity index (χ1v) is 6.03. The number of nitrogens with zero attached hydrogens (tertiary/aromatic N) is 1. The Morgan fingerprint density at radius 3 is 2.82 bits per heavy atom. The number of methoxy groups -OCH3 is 1. The number of hydrogen-bond acceptors (Lipinski definition) is 2. The average Bonchev–Trinajstić information content (AvgIpc) is 2.72. The molecule has 2 aromatic rings. The van der Waals surface area contributed by atoms with Crippen molar-refractivity contribution >= 4 is 10.9 Å². The normalized spacial score (nSPS) is 11.0. The second-order valence-electron chi connectivity index (χ2n) is 4.38. The lowest BCUT2D eigenvalue weighted by atomic mass is 10.0. The molecular formula is C14H19NO2. The summed E-state index contributed by atoms with van der Waals surface area (Å²) in [7, 11) is 3.62. The van der Waals surface area contributed by atoms with Crippen LogP contribution in [0, 0.1) is 0 Å². The standard InChI is InChI=1S/C14H19NO2/c1-4-5-6-10-9-12(17-3)13-11(14(10)16)7-8-15(13)2/h7-9,16H,4-6H2,1-3H3. The predicted molar refractivity (Wildman–Crippen MR) is 69.7 cm³/mol. The highest BCUT2D eigenvalue weighted by molar-refractivity contribution is 5.92. The van der Waals surface area contributed by atoms with E-state index in [1.54, 1.807) is 7.11 Å². The number of aromatic hydroxyl groups is 1. The number of phenols is 1. The molecule has 0 radical (unpaired) electrons. The molecule has 0 saturated carbocycles. The van der Waals surface area contributed by atoms with Crippen molar-refractivity contribution in [2.24, 2.45) is 7.05 Å². The first-order valence-electron chi connectivity index (χ1n) is 6.03. The Kier molecular flexibility index (Phi) is 3.27. The van der Waals surface area contributed by atoms with Crippen LogP contribution in [0.4, 0.5) is 0 Å². The van der Waals surface area contributed by atoms with Gasteiger partial charge in [0.2, 0.25) is 0 Å². The molecule has 1 aromatic heterocycles. The van der Waals surface area contributed by atoms with Gasteiger partial charge in [-0.05, 0) is 30.5 Å². The van der Waals surface area contributed by atoms with E-state index in [2.05, 4.69) is 6.92 Å². The molecule has 3 heteroatoms. The molecular weight excluding hydrogens is 214 g/mol. The SMILES string of the molecule is CCCCc1cc(OC)c2c(ccn2C)c1O. The van der Waals surface area contributed by atoms with Gasteiger partial charge >= 0.3 is 0 Å². The maximum Gasteiger partial charge on any atom is 0.143 e. The molecule has 0 aliphatic rings. The van der Waals surface area contributed by atoms with E-state index in [-0.39, 0.29) is 0 Å². The van der Waals surface area contributed by atoms with Crippen molar-refractivity contribution in [3.05, 3.63) is 23.9 Å². The van der Waals surface area contributed by atoms with Crippen molar-refractivity contribution in [2.45, 2.75) is 26.2 Å². The molecule has 0 aliphatic heterocycles. The van der Waals surface area contributed by atoms with Crippen LogP contribution < -0.4 is 4.74 Å². The lowest BCUT2D eigenvalue weighted by molar-refractivity contribution is 0.415. The van der Waals surface area contributed by atoms with Crippen LogP contribution in [0.1, 0.15) is 25.3 Å². The number of phenolic OH excluding ortho intramolecular Hbond substituents is 1. The molecule has 17 heavy (non-hydrogen) atoms. The summed E-state index contributed by atoms with van der Waals surface area (Å²) in [6.45, 7) is 2.15. The smallest absolute Gasteiger partial charge is 0.143 e. The van der Waals surface area contributed by atoms with Crippen LogP contribution in [0.15, 0.2) is 18.3 Å². The van der Waals surface area contributed by atoms with Crippen molar-refractivity contribution in [3.8, 4) is 11.5 Å². The van der Waals surface area contributed by atoms with E-state index in [1.165, 1.54) is 0 Å². The van der Waals surface area contributed by atoms with Gasteiger partial charge in [-0.1, -0.05) is 13.3 Å². The van der Waals surface area contributed by atoms with Gasteiger partial charge in [0.05, 0.1) is 12.6 Å². The third kappa shape index (κ3) is 1.97. The van der Waals surface area contributed by atoms with Gasteiger partial charge < -0.3 is 14.4 Å². The fourth-order valence-electron chi connectivity index (χ4n) is 2.21. The van der Waals surface area contributed by atoms with Gasteiger partial charge in [0.15, 0.2) is 0 Å². The van der Waals surface area contributed by atoms with E-state index in [0.29, 0.717) is 5.75 Å². The number of benzene rings is 1. The van der Waals surface area contributed by atoms with Crippen molar-refractivity contribution in [3.63, 3.8) is 0 Å². The maximum atomic E-state index is 10.2. The highest BCUT2D eigenvalue weighted by Crippen LogP contribution is 2.36. The number of ether oxygens (including phenoxy) is 1. The number of aryl methyl sites for hydroxylation is 2. The first-order chi connectivity index (χ1) is 8.19. The molecule has 0 amide bonds. The largest absolute Gasteiger partial charge is 0.507 e. The van der Waals surface area contributed by atoms with E-state index in [9.17, 15) is 5.11 Å². The Balaban J connectivity index is 2.60. The molecule has 0 saturated heterocycles. The highest BCUT2D eigenvalue weighted by atomic mass is 16.5. The fraction of sp³-hybridized carbons (Fsp3) is 0.429. The molecule has 92 valence electrons. The third-order valence-corrected chi connectivity index (χ3v) is 3.19.